The predicted molar refractivity (Wildman–Crippen MR) is 85.9 cm³/mol. The first kappa shape index (κ1) is 14.6. The van der Waals surface area contributed by atoms with Crippen molar-refractivity contribution in [2.24, 2.45) is 0 Å². The molecule has 114 valence electrons. The molecular weight excluding hydrogens is 284 g/mol. The lowest BCUT2D eigenvalue weighted by Crippen LogP contribution is -2.48. The van der Waals surface area contributed by atoms with Crippen LogP contribution >= 0.6 is 11.8 Å². The molecule has 0 aliphatic carbocycles. The average Bonchev–Trinajstić information content (AvgIpc) is 3.04. The first-order valence-electron chi connectivity index (χ1n) is 7.68. The number of hydrogen-bond donors (Lipinski definition) is 0. The minimum atomic E-state index is 0.00937. The monoisotopic (exact) mass is 306 g/mol. The molecule has 2 aliphatic rings. The zero-order valence-corrected chi connectivity index (χ0v) is 13.5. The van der Waals surface area contributed by atoms with Crippen molar-refractivity contribution in [3.63, 3.8) is 0 Å². The third-order valence-electron chi connectivity index (χ3n) is 4.44. The summed E-state index contributed by atoms with van der Waals surface area (Å²) in [7, 11) is 0. The number of carbonyl (C=O) groups excluding carboxylic acids is 1. The molecule has 5 nitrogen and oxygen atoms in total. The second-order valence-corrected chi connectivity index (χ2v) is 7.27. The molecule has 0 unspecified atom stereocenters. The fraction of sp³-hybridized carbons (Fsp3) is 0.667. The van der Waals surface area contributed by atoms with Gasteiger partial charge in [-0.15, -0.1) is 10.2 Å². The number of hydrogen-bond acceptors (Lipinski definition) is 5. The van der Waals surface area contributed by atoms with Crippen molar-refractivity contribution in [1.82, 2.24) is 15.1 Å². The molecule has 2 fully saturated rings. The minimum absolute atomic E-state index is 0.00937. The maximum absolute atomic E-state index is 12.6. The van der Waals surface area contributed by atoms with E-state index in [0.717, 1.165) is 31.2 Å². The number of anilines is 1. The molecule has 0 N–H and O–H groups in total. The van der Waals surface area contributed by atoms with Gasteiger partial charge in [0.05, 0.1) is 0 Å². The van der Waals surface area contributed by atoms with E-state index >= 15 is 0 Å². The van der Waals surface area contributed by atoms with Gasteiger partial charge in [-0.1, -0.05) is 6.92 Å². The molecule has 1 aromatic heterocycles. The molecule has 21 heavy (non-hydrogen) atoms. The first-order chi connectivity index (χ1) is 10.2. The number of carbonyl (C=O) groups is 1. The number of amides is 1. The molecule has 0 saturated carbocycles. The lowest BCUT2D eigenvalue weighted by molar-refractivity contribution is 0.0691. The molecule has 1 aromatic rings. The topological polar surface area (TPSA) is 49.3 Å². The zero-order chi connectivity index (χ0) is 14.8. The van der Waals surface area contributed by atoms with Crippen LogP contribution in [0.1, 0.15) is 37.2 Å². The molecule has 0 spiro atoms. The summed E-state index contributed by atoms with van der Waals surface area (Å²) in [4.78, 5) is 16.7. The molecule has 6 heteroatoms. The van der Waals surface area contributed by atoms with Gasteiger partial charge < -0.3 is 9.80 Å². The van der Waals surface area contributed by atoms with Crippen LogP contribution in [0, 0.1) is 0 Å². The number of aromatic nitrogens is 2. The Morgan fingerprint density at radius 3 is 2.62 bits per heavy atom. The van der Waals surface area contributed by atoms with Crippen LogP contribution in [-0.2, 0) is 0 Å². The highest BCUT2D eigenvalue weighted by atomic mass is 32.2. The average molecular weight is 306 g/mol. The van der Waals surface area contributed by atoms with Gasteiger partial charge >= 0.3 is 0 Å². The Bertz CT molecular complexity index is 501. The summed E-state index contributed by atoms with van der Waals surface area (Å²) in [6.45, 7) is 7.17. The van der Waals surface area contributed by atoms with Crippen molar-refractivity contribution in [1.29, 1.82) is 0 Å². The SMILES string of the molecule is C[C@@H]1SCCN(C(=O)c2ccc(N3CCCC3)nn2)[C@@H]1C. The van der Waals surface area contributed by atoms with Crippen LogP contribution in [0.4, 0.5) is 5.82 Å². The highest BCUT2D eigenvalue weighted by Crippen LogP contribution is 2.25. The van der Waals surface area contributed by atoms with Crippen molar-refractivity contribution in [3.05, 3.63) is 17.8 Å². The van der Waals surface area contributed by atoms with Crippen LogP contribution in [0.15, 0.2) is 12.1 Å². The van der Waals surface area contributed by atoms with Crippen molar-refractivity contribution in [2.45, 2.75) is 38.0 Å². The Morgan fingerprint density at radius 2 is 1.95 bits per heavy atom. The maximum Gasteiger partial charge on any atom is 0.274 e. The molecule has 2 aliphatic heterocycles. The Hall–Kier alpha value is -1.30. The second-order valence-electron chi connectivity index (χ2n) is 5.79. The summed E-state index contributed by atoms with van der Waals surface area (Å²) in [5, 5.41) is 8.88. The van der Waals surface area contributed by atoms with Gasteiger partial charge in [0.2, 0.25) is 0 Å². The Kier molecular flexibility index (Phi) is 4.33. The van der Waals surface area contributed by atoms with E-state index in [1.165, 1.54) is 12.8 Å². The number of nitrogens with zero attached hydrogens (tertiary/aromatic N) is 4. The minimum Gasteiger partial charge on any atom is -0.355 e. The Balaban J connectivity index is 1.72. The van der Waals surface area contributed by atoms with E-state index < -0.39 is 0 Å². The Morgan fingerprint density at radius 1 is 1.19 bits per heavy atom. The van der Waals surface area contributed by atoms with E-state index in [4.69, 9.17) is 0 Å². The third kappa shape index (κ3) is 3.00. The van der Waals surface area contributed by atoms with E-state index in [0.29, 0.717) is 10.9 Å². The van der Waals surface area contributed by atoms with E-state index in [1.54, 1.807) is 0 Å². The van der Waals surface area contributed by atoms with E-state index in [-0.39, 0.29) is 11.9 Å². The van der Waals surface area contributed by atoms with Gasteiger partial charge in [0, 0.05) is 36.7 Å². The van der Waals surface area contributed by atoms with Gasteiger partial charge in [-0.2, -0.15) is 11.8 Å². The van der Waals surface area contributed by atoms with Gasteiger partial charge in [-0.25, -0.2) is 0 Å². The lowest BCUT2D eigenvalue weighted by Gasteiger charge is -2.37. The normalized spacial score (nSPS) is 26.2. The summed E-state index contributed by atoms with van der Waals surface area (Å²) in [5.74, 6) is 1.89. The van der Waals surface area contributed by atoms with Crippen LogP contribution in [0.5, 0.6) is 0 Å². The van der Waals surface area contributed by atoms with E-state index in [1.807, 2.05) is 28.8 Å². The highest BCUT2D eigenvalue weighted by Gasteiger charge is 2.30. The molecule has 3 heterocycles. The summed E-state index contributed by atoms with van der Waals surface area (Å²) < 4.78 is 0. The van der Waals surface area contributed by atoms with Crippen LogP contribution in [0.25, 0.3) is 0 Å². The molecule has 0 bridgehead atoms. The van der Waals surface area contributed by atoms with Crippen LogP contribution < -0.4 is 4.90 Å². The lowest BCUT2D eigenvalue weighted by atomic mass is 10.2. The van der Waals surface area contributed by atoms with Crippen LogP contribution in [0.3, 0.4) is 0 Å². The summed E-state index contributed by atoms with van der Waals surface area (Å²) in [5.41, 5.74) is 0.462. The second kappa shape index (κ2) is 6.22. The molecule has 1 amide bonds. The van der Waals surface area contributed by atoms with Crippen LogP contribution in [-0.4, -0.2) is 57.7 Å². The molecule has 2 atom stereocenters. The highest BCUT2D eigenvalue weighted by molar-refractivity contribution is 8.00. The largest absolute Gasteiger partial charge is 0.355 e. The van der Waals surface area contributed by atoms with E-state index in [9.17, 15) is 4.79 Å². The molecular formula is C15H22N4OS. The number of rotatable bonds is 2. The van der Waals surface area contributed by atoms with Gasteiger partial charge in [0.1, 0.15) is 0 Å². The summed E-state index contributed by atoms with van der Waals surface area (Å²) in [6, 6.07) is 4.00. The number of thioether (sulfide) groups is 1. The van der Waals surface area contributed by atoms with Crippen LogP contribution in [0.2, 0.25) is 0 Å². The van der Waals surface area contributed by atoms with Crippen molar-refractivity contribution in [3.8, 4) is 0 Å². The smallest absolute Gasteiger partial charge is 0.274 e. The molecule has 3 rings (SSSR count). The van der Waals surface area contributed by atoms with Crippen molar-refractivity contribution < 1.29 is 4.79 Å². The summed E-state index contributed by atoms with van der Waals surface area (Å²) >= 11 is 1.93. The fourth-order valence-corrected chi connectivity index (χ4v) is 4.02. The van der Waals surface area contributed by atoms with Gasteiger partial charge in [0.15, 0.2) is 11.5 Å². The summed E-state index contributed by atoms with van der Waals surface area (Å²) in [6.07, 6.45) is 2.42. The van der Waals surface area contributed by atoms with Gasteiger partial charge in [-0.05, 0) is 31.9 Å². The first-order valence-corrected chi connectivity index (χ1v) is 8.73. The molecule has 0 radical (unpaired) electrons. The quantitative estimate of drug-likeness (QED) is 0.837. The standard InChI is InChI=1S/C15H22N4OS/c1-11-12(2)21-10-9-19(11)15(20)13-5-6-14(17-16-13)18-7-3-4-8-18/h5-6,11-12H,3-4,7-10H2,1-2H3/t11-,12+/m1/s1. The van der Waals surface area contributed by atoms with Crippen molar-refractivity contribution in [2.75, 3.05) is 30.3 Å². The van der Waals surface area contributed by atoms with E-state index in [2.05, 4.69) is 28.9 Å². The Labute approximate surface area is 130 Å². The maximum atomic E-state index is 12.6. The van der Waals surface area contributed by atoms with Gasteiger partial charge in [0.25, 0.3) is 5.91 Å². The fourth-order valence-electron chi connectivity index (χ4n) is 2.92. The zero-order valence-electron chi connectivity index (χ0n) is 12.7. The third-order valence-corrected chi connectivity index (χ3v) is 5.78. The van der Waals surface area contributed by atoms with Gasteiger partial charge in [-0.3, -0.25) is 4.79 Å². The predicted octanol–water partition coefficient (Wildman–Crippen LogP) is 2.04. The molecule has 0 aromatic carbocycles. The van der Waals surface area contributed by atoms with Crippen molar-refractivity contribution >= 4 is 23.5 Å². The molecule has 2 saturated heterocycles.